The van der Waals surface area contributed by atoms with Crippen LogP contribution in [0.25, 0.3) is 0 Å². The summed E-state index contributed by atoms with van der Waals surface area (Å²) in [5.41, 5.74) is 3.55. The topological polar surface area (TPSA) is 88.1 Å². The van der Waals surface area contributed by atoms with Crippen molar-refractivity contribution >= 4 is 39.6 Å². The molecule has 0 aromatic heterocycles. The molecule has 0 saturated carbocycles. The Hall–Kier alpha value is -3.30. The number of sulfonamides is 1. The van der Waals surface area contributed by atoms with E-state index in [1.165, 1.54) is 25.5 Å². The van der Waals surface area contributed by atoms with Gasteiger partial charge in [0.1, 0.15) is 12.3 Å². The van der Waals surface area contributed by atoms with Gasteiger partial charge in [-0.05, 0) is 60.4 Å². The van der Waals surface area contributed by atoms with Gasteiger partial charge in [0, 0.05) is 4.90 Å². The molecule has 7 nitrogen and oxygen atoms in total. The smallest absolute Gasteiger partial charge is 0.264 e. The molecule has 0 bridgehead atoms. The van der Waals surface area contributed by atoms with Gasteiger partial charge in [-0.1, -0.05) is 30.3 Å². The van der Waals surface area contributed by atoms with Crippen molar-refractivity contribution in [3.05, 3.63) is 84.4 Å². The van der Waals surface area contributed by atoms with Crippen molar-refractivity contribution in [2.75, 3.05) is 24.2 Å². The molecule has 0 saturated heterocycles. The minimum atomic E-state index is -3.98. The summed E-state index contributed by atoms with van der Waals surface area (Å²) in [4.78, 5) is 13.8. The van der Waals surface area contributed by atoms with Gasteiger partial charge in [-0.2, -0.15) is 5.10 Å². The third-order valence-corrected chi connectivity index (χ3v) is 7.03. The van der Waals surface area contributed by atoms with Gasteiger partial charge in [0.2, 0.25) is 0 Å². The Morgan fingerprint density at radius 1 is 1.03 bits per heavy atom. The summed E-state index contributed by atoms with van der Waals surface area (Å²) < 4.78 is 32.7. The number of anilines is 1. The molecule has 0 heterocycles. The van der Waals surface area contributed by atoms with Crippen molar-refractivity contribution in [1.82, 2.24) is 5.43 Å². The van der Waals surface area contributed by atoms with Crippen molar-refractivity contribution in [1.29, 1.82) is 0 Å². The third-order valence-electron chi connectivity index (χ3n) is 4.50. The zero-order valence-corrected chi connectivity index (χ0v) is 19.3. The Labute approximate surface area is 192 Å². The standard InChI is InChI=1S/C23H23N3O4S2/c1-30-20-12-10-19(11-13-20)26(32(28,29)22-6-4-3-5-7-22)17-23(27)25-24-16-18-8-14-21(31-2)15-9-18/h3-16H,17H2,1-2H3,(H,25,27)/b24-16-. The summed E-state index contributed by atoms with van der Waals surface area (Å²) in [5.74, 6) is 0.00432. The van der Waals surface area contributed by atoms with E-state index < -0.39 is 22.5 Å². The highest BCUT2D eigenvalue weighted by Crippen LogP contribution is 2.25. The molecule has 3 aromatic rings. The van der Waals surface area contributed by atoms with E-state index in [2.05, 4.69) is 10.5 Å². The first kappa shape index (κ1) is 23.4. The van der Waals surface area contributed by atoms with E-state index in [1.54, 1.807) is 54.2 Å². The second-order valence-corrected chi connectivity index (χ2v) is 9.33. The number of methoxy groups -OCH3 is 1. The second-order valence-electron chi connectivity index (χ2n) is 6.59. The first-order chi connectivity index (χ1) is 15.4. The molecule has 0 spiro atoms. The molecular formula is C23H23N3O4S2. The Bertz CT molecular complexity index is 1160. The van der Waals surface area contributed by atoms with Gasteiger partial charge >= 0.3 is 0 Å². The number of nitrogens with zero attached hydrogens (tertiary/aromatic N) is 2. The van der Waals surface area contributed by atoms with Crippen molar-refractivity contribution < 1.29 is 17.9 Å². The van der Waals surface area contributed by atoms with Crippen LogP contribution >= 0.6 is 11.8 Å². The molecule has 9 heteroatoms. The number of rotatable bonds is 9. The van der Waals surface area contributed by atoms with Crippen LogP contribution in [-0.2, 0) is 14.8 Å². The Morgan fingerprint density at radius 2 is 1.69 bits per heavy atom. The van der Waals surface area contributed by atoms with E-state index in [-0.39, 0.29) is 4.90 Å². The molecule has 0 radical (unpaired) electrons. The fourth-order valence-corrected chi connectivity index (χ4v) is 4.67. The molecule has 3 aromatic carbocycles. The molecule has 0 aliphatic rings. The molecule has 166 valence electrons. The van der Waals surface area contributed by atoms with Gasteiger partial charge in [0.15, 0.2) is 0 Å². The third kappa shape index (κ3) is 5.89. The maximum Gasteiger partial charge on any atom is 0.264 e. The van der Waals surface area contributed by atoms with E-state index in [0.29, 0.717) is 11.4 Å². The molecule has 0 aliphatic carbocycles. The van der Waals surface area contributed by atoms with Crippen molar-refractivity contribution in [2.24, 2.45) is 5.10 Å². The highest BCUT2D eigenvalue weighted by molar-refractivity contribution is 7.98. The lowest BCUT2D eigenvalue weighted by atomic mass is 10.2. The normalized spacial score (nSPS) is 11.3. The van der Waals surface area contributed by atoms with Gasteiger partial charge in [-0.15, -0.1) is 11.8 Å². The minimum absolute atomic E-state index is 0.0843. The van der Waals surface area contributed by atoms with E-state index in [1.807, 2.05) is 30.5 Å². The zero-order chi connectivity index (χ0) is 23.0. The van der Waals surface area contributed by atoms with Gasteiger partial charge < -0.3 is 4.74 Å². The average molecular weight is 470 g/mol. The van der Waals surface area contributed by atoms with Gasteiger partial charge in [0.05, 0.1) is 23.9 Å². The molecule has 1 N–H and O–H groups in total. The van der Waals surface area contributed by atoms with Crippen LogP contribution in [0.5, 0.6) is 5.75 Å². The molecule has 1 amide bonds. The lowest BCUT2D eigenvalue weighted by molar-refractivity contribution is -0.119. The predicted molar refractivity (Wildman–Crippen MR) is 128 cm³/mol. The van der Waals surface area contributed by atoms with E-state index in [9.17, 15) is 13.2 Å². The summed E-state index contributed by atoms with van der Waals surface area (Å²) in [7, 11) is -2.45. The highest BCUT2D eigenvalue weighted by Gasteiger charge is 2.27. The van der Waals surface area contributed by atoms with Crippen LogP contribution < -0.4 is 14.5 Å². The SMILES string of the molecule is COc1ccc(N(CC(=O)N/N=C\c2ccc(SC)cc2)S(=O)(=O)c2ccccc2)cc1. The zero-order valence-electron chi connectivity index (χ0n) is 17.6. The molecular weight excluding hydrogens is 446 g/mol. The number of carbonyl (C=O) groups excluding carboxylic acids is 1. The van der Waals surface area contributed by atoms with Crippen molar-refractivity contribution in [3.63, 3.8) is 0 Å². The molecule has 0 atom stereocenters. The summed E-state index contributed by atoms with van der Waals surface area (Å²) in [6.07, 6.45) is 3.49. The second kappa shape index (κ2) is 10.8. The molecule has 3 rings (SSSR count). The van der Waals surface area contributed by atoms with Crippen molar-refractivity contribution in [2.45, 2.75) is 9.79 Å². The Kier molecular flexibility index (Phi) is 7.91. The quantitative estimate of drug-likeness (QED) is 0.293. The van der Waals surface area contributed by atoms with Gasteiger partial charge in [0.25, 0.3) is 15.9 Å². The van der Waals surface area contributed by atoms with Crippen LogP contribution in [0.3, 0.4) is 0 Å². The molecule has 0 aliphatic heterocycles. The number of hydrazone groups is 1. The monoisotopic (exact) mass is 469 g/mol. The van der Waals surface area contributed by atoms with Crippen molar-refractivity contribution in [3.8, 4) is 5.75 Å². The Morgan fingerprint density at radius 3 is 2.28 bits per heavy atom. The van der Waals surface area contributed by atoms with Crippen LogP contribution in [0.4, 0.5) is 5.69 Å². The van der Waals surface area contributed by atoms with Crippen LogP contribution in [-0.4, -0.2) is 40.4 Å². The number of benzene rings is 3. The summed E-state index contributed by atoms with van der Waals surface area (Å²) in [6.45, 7) is -0.438. The van der Waals surface area contributed by atoms with Gasteiger partial charge in [-0.25, -0.2) is 13.8 Å². The summed E-state index contributed by atoms with van der Waals surface area (Å²) in [5, 5.41) is 3.95. The number of amides is 1. The van der Waals surface area contributed by atoms with Crippen LogP contribution in [0.1, 0.15) is 5.56 Å². The molecule has 0 unspecified atom stereocenters. The minimum Gasteiger partial charge on any atom is -0.497 e. The number of ether oxygens (including phenoxy) is 1. The average Bonchev–Trinajstić information content (AvgIpc) is 2.83. The fraction of sp³-hybridized carbons (Fsp3) is 0.130. The maximum atomic E-state index is 13.3. The highest BCUT2D eigenvalue weighted by atomic mass is 32.2. The fourth-order valence-electron chi connectivity index (χ4n) is 2.82. The lowest BCUT2D eigenvalue weighted by Gasteiger charge is -2.23. The number of nitrogens with one attached hydrogen (secondary N) is 1. The largest absolute Gasteiger partial charge is 0.497 e. The first-order valence-corrected chi connectivity index (χ1v) is 12.3. The summed E-state index contributed by atoms with van der Waals surface area (Å²) >= 11 is 1.63. The molecule has 32 heavy (non-hydrogen) atoms. The van der Waals surface area contributed by atoms with Gasteiger partial charge in [-0.3, -0.25) is 9.10 Å². The number of carbonyl (C=O) groups is 1. The Balaban J connectivity index is 1.79. The lowest BCUT2D eigenvalue weighted by Crippen LogP contribution is -2.39. The molecule has 0 fully saturated rings. The van der Waals surface area contributed by atoms with E-state index in [4.69, 9.17) is 4.74 Å². The number of hydrogen-bond donors (Lipinski definition) is 1. The van der Waals surface area contributed by atoms with E-state index in [0.717, 1.165) is 14.8 Å². The van der Waals surface area contributed by atoms with Crippen LogP contribution in [0.15, 0.2) is 93.8 Å². The predicted octanol–water partition coefficient (Wildman–Crippen LogP) is 3.76. The summed E-state index contributed by atoms with van der Waals surface area (Å²) in [6, 6.07) is 22.1. The first-order valence-electron chi connectivity index (χ1n) is 9.62. The number of thioether (sulfide) groups is 1. The van der Waals surface area contributed by atoms with Crippen LogP contribution in [0.2, 0.25) is 0 Å². The van der Waals surface area contributed by atoms with E-state index >= 15 is 0 Å². The van der Waals surface area contributed by atoms with Crippen LogP contribution in [0, 0.1) is 0 Å². The maximum absolute atomic E-state index is 13.3. The number of hydrogen-bond acceptors (Lipinski definition) is 6.